The Morgan fingerprint density at radius 1 is 0.848 bits per heavy atom. The van der Waals surface area contributed by atoms with E-state index in [1.807, 2.05) is 20.8 Å². The van der Waals surface area contributed by atoms with Crippen LogP contribution in [0.5, 0.6) is 0 Å². The van der Waals surface area contributed by atoms with Crippen molar-refractivity contribution in [2.24, 2.45) is 5.41 Å². The molecule has 2 fully saturated rings. The molecule has 0 bridgehead atoms. The maximum atomic E-state index is 12.9. The van der Waals surface area contributed by atoms with Crippen molar-refractivity contribution in [3.05, 3.63) is 11.6 Å². The summed E-state index contributed by atoms with van der Waals surface area (Å²) in [4.78, 5) is 41.5. The van der Waals surface area contributed by atoms with Gasteiger partial charge >= 0.3 is 0 Å². The van der Waals surface area contributed by atoms with E-state index in [2.05, 4.69) is 26.5 Å². The van der Waals surface area contributed by atoms with E-state index >= 15 is 0 Å². The van der Waals surface area contributed by atoms with Gasteiger partial charge < -0.3 is 44.0 Å². The largest absolute Gasteiger partial charge is 0.528 e. The van der Waals surface area contributed by atoms with Crippen LogP contribution in [0.15, 0.2) is 11.6 Å². The van der Waals surface area contributed by atoms with Gasteiger partial charge in [-0.05, 0) is 11.8 Å². The maximum Gasteiger partial charge on any atom is 0.264 e. The molecule has 0 aromatic rings. The summed E-state index contributed by atoms with van der Waals surface area (Å²) in [5.74, 6) is -0.194. The second-order valence-corrected chi connectivity index (χ2v) is 12.0. The molecular formula is C31H53N6O8Tb-. The summed E-state index contributed by atoms with van der Waals surface area (Å²) in [6.07, 6.45) is 4.23. The number of carbonyl (C=O) groups is 2. The van der Waals surface area contributed by atoms with Gasteiger partial charge in [-0.2, -0.15) is 11.7 Å². The molecular weight excluding hydrogens is 743 g/mol. The Hall–Kier alpha value is -1.35. The van der Waals surface area contributed by atoms with Crippen LogP contribution in [0.4, 0.5) is 0 Å². The van der Waals surface area contributed by atoms with Crippen LogP contribution in [0.2, 0.25) is 0 Å². The van der Waals surface area contributed by atoms with Crippen LogP contribution in [0, 0.1) is 55.4 Å². The van der Waals surface area contributed by atoms with Gasteiger partial charge in [-0.3, -0.25) is 19.4 Å². The van der Waals surface area contributed by atoms with E-state index in [4.69, 9.17) is 23.7 Å². The minimum atomic E-state index is -0.228. The molecule has 2 heterocycles. The van der Waals surface area contributed by atoms with Gasteiger partial charge in [0.25, 0.3) is 5.91 Å². The molecule has 1 unspecified atom stereocenters. The fourth-order valence-corrected chi connectivity index (χ4v) is 4.93. The van der Waals surface area contributed by atoms with E-state index in [-0.39, 0.29) is 67.5 Å². The minimum Gasteiger partial charge on any atom is -0.528 e. The van der Waals surface area contributed by atoms with Gasteiger partial charge in [0.15, 0.2) is 0 Å². The zero-order chi connectivity index (χ0) is 32.8. The Labute approximate surface area is 305 Å². The number of hydrogen-bond acceptors (Lipinski definition) is 11. The van der Waals surface area contributed by atoms with Crippen LogP contribution in [0.3, 0.4) is 0 Å². The van der Waals surface area contributed by atoms with Crippen LogP contribution >= 0.6 is 0 Å². The topological polar surface area (TPSA) is 155 Å². The third-order valence-electron chi connectivity index (χ3n) is 7.17. The molecule has 265 valence electrons. The first-order valence-corrected chi connectivity index (χ1v) is 15.9. The molecule has 1 radical (unpaired) electrons. The molecule has 0 aliphatic carbocycles. The fourth-order valence-electron chi connectivity index (χ4n) is 4.93. The first-order valence-electron chi connectivity index (χ1n) is 15.9. The van der Waals surface area contributed by atoms with Crippen LogP contribution in [-0.4, -0.2) is 164 Å². The number of rotatable bonds is 23. The molecule has 14 nitrogen and oxygen atoms in total. The van der Waals surface area contributed by atoms with Crippen LogP contribution in [0.1, 0.15) is 27.2 Å². The van der Waals surface area contributed by atoms with E-state index in [9.17, 15) is 19.6 Å². The summed E-state index contributed by atoms with van der Waals surface area (Å²) in [6, 6.07) is 2.37. The van der Waals surface area contributed by atoms with Gasteiger partial charge in [0, 0.05) is 97.0 Å². The van der Waals surface area contributed by atoms with Crippen LogP contribution in [0.25, 0.3) is 0 Å². The number of nitrogens with zero attached hydrogens (tertiary/aromatic N) is 4. The van der Waals surface area contributed by atoms with Crippen molar-refractivity contribution in [3.8, 4) is 6.07 Å². The maximum absolute atomic E-state index is 12.9. The van der Waals surface area contributed by atoms with Crippen molar-refractivity contribution in [2.45, 2.75) is 33.2 Å². The number of carbonyl (C=O) groups excluding carboxylic acids is 3. The zero-order valence-electron chi connectivity index (χ0n) is 27.7. The molecule has 2 aliphatic rings. The first kappa shape index (κ1) is 42.7. The summed E-state index contributed by atoms with van der Waals surface area (Å²) < 4.78 is 27.0. The molecule has 2 N–H and O–H groups in total. The predicted molar refractivity (Wildman–Crippen MR) is 167 cm³/mol. The summed E-state index contributed by atoms with van der Waals surface area (Å²) >= 11 is 0. The minimum absolute atomic E-state index is 0. The summed E-state index contributed by atoms with van der Waals surface area (Å²) in [5, 5.41) is 14.8. The molecule has 15 heteroatoms. The molecule has 2 saturated heterocycles. The third kappa shape index (κ3) is 19.5. The molecule has 0 spiro atoms. The summed E-state index contributed by atoms with van der Waals surface area (Å²) in [7, 11) is 0. The zero-order valence-corrected chi connectivity index (χ0v) is 29.8. The number of ether oxygens (including phenoxy) is 5. The Bertz CT molecular complexity index is 937. The van der Waals surface area contributed by atoms with Gasteiger partial charge in [0.2, 0.25) is 5.91 Å². The smallest absolute Gasteiger partial charge is 0.264 e. The van der Waals surface area contributed by atoms with Gasteiger partial charge in [0.05, 0.1) is 72.6 Å². The standard InChI is InChI=1S/C31H53N6O8.Tb/c1-31(2,3)22-27(23-32)30(40)37-7-4-28(24-37)36-10-8-35(9-11-36)25-29(39)34-6-13-42-15-17-44-19-21-45-20-18-43-16-14-41-12-5-33-26-38;/h22,28H,4-21,24-25H2,1-3H3,(H,33,38)(H,34,39);/q-1;/b27-22-;. The van der Waals surface area contributed by atoms with Crippen molar-refractivity contribution < 1.29 is 76.7 Å². The van der Waals surface area contributed by atoms with E-state index in [1.165, 1.54) is 0 Å². The number of nitrogens with one attached hydrogen (secondary N) is 2. The SMILES string of the molecule is CC(C)(C)/C=C(/C#N)C(=O)N1CCC(N2CCN(CC(=O)NCCOCCOCCOCCOCCOCCN[C-]=O)CC2)C1.[Tb]. The van der Waals surface area contributed by atoms with Crippen LogP contribution < -0.4 is 10.6 Å². The van der Waals surface area contributed by atoms with Crippen LogP contribution in [-0.2, 0) is 38.1 Å². The average Bonchev–Trinajstić information content (AvgIpc) is 3.51. The van der Waals surface area contributed by atoms with E-state index in [0.717, 1.165) is 32.6 Å². The normalized spacial score (nSPS) is 17.7. The monoisotopic (exact) mass is 796 g/mol. The summed E-state index contributed by atoms with van der Waals surface area (Å²) in [6.45, 7) is 16.3. The molecule has 1 atom stereocenters. The quantitative estimate of drug-likeness (QED) is 0.0455. The molecule has 0 saturated carbocycles. The molecule has 2 aliphatic heterocycles. The number of amides is 3. The van der Waals surface area contributed by atoms with E-state index in [0.29, 0.717) is 98.8 Å². The predicted octanol–water partition coefficient (Wildman–Crippen LogP) is -0.443. The van der Waals surface area contributed by atoms with Gasteiger partial charge in [-0.1, -0.05) is 26.8 Å². The second kappa shape index (κ2) is 25.6. The molecule has 46 heavy (non-hydrogen) atoms. The Kier molecular flexibility index (Phi) is 23.8. The van der Waals surface area contributed by atoms with Crippen molar-refractivity contribution >= 4 is 18.2 Å². The molecule has 2 rings (SSSR count). The number of nitriles is 1. The Balaban J connectivity index is 0.0000106. The van der Waals surface area contributed by atoms with Crippen molar-refractivity contribution in [1.29, 1.82) is 5.26 Å². The van der Waals surface area contributed by atoms with Crippen molar-refractivity contribution in [2.75, 3.05) is 125 Å². The first-order chi connectivity index (χ1) is 21.7. The number of allylic oxidation sites excluding steroid dienone is 1. The van der Waals surface area contributed by atoms with Crippen molar-refractivity contribution in [1.82, 2.24) is 25.3 Å². The number of hydrogen-bond donors (Lipinski definition) is 2. The number of piperazine rings is 1. The average molecular weight is 797 g/mol. The number of likely N-dealkylation sites (tertiary alicyclic amines) is 1. The second-order valence-electron chi connectivity index (χ2n) is 12.0. The molecule has 3 amide bonds. The summed E-state index contributed by atoms with van der Waals surface area (Å²) in [5.41, 5.74) is -0.00698. The molecule has 0 aromatic carbocycles. The molecule has 0 aromatic heterocycles. The van der Waals surface area contributed by atoms with Gasteiger partial charge in [-0.15, -0.1) is 0 Å². The third-order valence-corrected chi connectivity index (χ3v) is 7.17. The van der Waals surface area contributed by atoms with E-state index in [1.54, 1.807) is 17.4 Å². The fraction of sp³-hybridized carbons (Fsp3) is 0.806. The van der Waals surface area contributed by atoms with Gasteiger partial charge in [-0.25, -0.2) is 0 Å². The van der Waals surface area contributed by atoms with Gasteiger partial charge in [0.1, 0.15) is 11.6 Å². The Morgan fingerprint density at radius 2 is 1.37 bits per heavy atom. The van der Waals surface area contributed by atoms with E-state index < -0.39 is 0 Å². The van der Waals surface area contributed by atoms with Crippen molar-refractivity contribution in [3.63, 3.8) is 0 Å². The Morgan fingerprint density at radius 3 is 1.87 bits per heavy atom.